The first-order valence-electron chi connectivity index (χ1n) is 10.3. The van der Waals surface area contributed by atoms with Crippen LogP contribution in [0, 0.1) is 5.82 Å². The summed E-state index contributed by atoms with van der Waals surface area (Å²) in [5, 5.41) is 26.1. The number of carbonyl (C=O) groups is 2. The number of carboxylic acids is 1. The van der Waals surface area contributed by atoms with E-state index < -0.39 is 29.6 Å². The van der Waals surface area contributed by atoms with Gasteiger partial charge in [0, 0.05) is 24.8 Å². The molecule has 9 heteroatoms. The molecule has 0 radical (unpaired) electrons. The van der Waals surface area contributed by atoms with Gasteiger partial charge < -0.3 is 20.4 Å². The summed E-state index contributed by atoms with van der Waals surface area (Å²) in [4.78, 5) is 26.4. The van der Waals surface area contributed by atoms with Gasteiger partial charge in [0.15, 0.2) is 5.69 Å². The van der Waals surface area contributed by atoms with Gasteiger partial charge in [-0.3, -0.25) is 9.59 Å². The smallest absolute Gasteiger partial charge is 0.305 e. The summed E-state index contributed by atoms with van der Waals surface area (Å²) in [5.74, 6) is -2.77. The zero-order chi connectivity index (χ0) is 22.7. The molecule has 1 fully saturated rings. The van der Waals surface area contributed by atoms with Crippen molar-refractivity contribution in [3.63, 3.8) is 0 Å². The van der Waals surface area contributed by atoms with Gasteiger partial charge in [-0.25, -0.2) is 4.39 Å². The van der Waals surface area contributed by atoms with Crippen LogP contribution in [0.1, 0.15) is 41.4 Å². The van der Waals surface area contributed by atoms with E-state index in [1.807, 2.05) is 12.1 Å². The molecule has 2 heterocycles. The minimum atomic E-state index is -1.07. The molecular formula is C23H23FN4O4. The number of carboxylic acid groups (broad SMARTS) is 1. The first-order valence-corrected chi connectivity index (χ1v) is 10.3. The van der Waals surface area contributed by atoms with E-state index in [-0.39, 0.29) is 17.8 Å². The molecule has 1 aliphatic heterocycles. The summed E-state index contributed by atoms with van der Waals surface area (Å²) in [5.41, 5.74) is 1.53. The number of nitrogens with one attached hydrogen (secondary N) is 1. The van der Waals surface area contributed by atoms with Crippen molar-refractivity contribution < 1.29 is 24.2 Å². The van der Waals surface area contributed by atoms with Crippen LogP contribution in [0.15, 0.2) is 54.6 Å². The number of anilines is 1. The van der Waals surface area contributed by atoms with E-state index in [4.69, 9.17) is 0 Å². The molecule has 3 N–H and O–H groups in total. The maximum Gasteiger partial charge on any atom is 0.305 e. The van der Waals surface area contributed by atoms with Crippen LogP contribution in [0.25, 0.3) is 5.69 Å². The van der Waals surface area contributed by atoms with Gasteiger partial charge >= 0.3 is 5.97 Å². The fraction of sp³-hybridized carbons (Fsp3) is 0.261. The number of benzene rings is 2. The minimum Gasteiger partial charge on any atom is -0.493 e. The summed E-state index contributed by atoms with van der Waals surface area (Å²) in [7, 11) is 0. The van der Waals surface area contributed by atoms with E-state index in [9.17, 15) is 24.2 Å². The van der Waals surface area contributed by atoms with Gasteiger partial charge in [-0.1, -0.05) is 24.3 Å². The van der Waals surface area contributed by atoms with Gasteiger partial charge in [0.1, 0.15) is 11.5 Å². The third-order valence-corrected chi connectivity index (χ3v) is 5.45. The predicted octanol–water partition coefficient (Wildman–Crippen LogP) is 3.26. The molecular weight excluding hydrogens is 415 g/mol. The standard InChI is InChI=1S/C23H23FN4O4/c24-17-5-1-2-6-20(17)28-21(29)13-19(26-28)23(32)25-18(14-22(30)31)15-7-9-16(10-8-15)27-11-3-4-12-27/h1-2,5-10,13,18,29H,3-4,11-12,14H2,(H,25,32)(H,30,31). The summed E-state index contributed by atoms with van der Waals surface area (Å²) in [6.07, 6.45) is 1.96. The normalized spacial score (nSPS) is 14.3. The number of aromatic hydroxyl groups is 1. The molecule has 0 spiro atoms. The number of amides is 1. The number of para-hydroxylation sites is 1. The van der Waals surface area contributed by atoms with E-state index in [0.717, 1.165) is 42.4 Å². The highest BCUT2D eigenvalue weighted by Crippen LogP contribution is 2.25. The number of hydrogen-bond donors (Lipinski definition) is 3. The molecule has 1 aliphatic rings. The Balaban J connectivity index is 1.54. The fourth-order valence-corrected chi connectivity index (χ4v) is 3.83. The zero-order valence-electron chi connectivity index (χ0n) is 17.2. The number of carbonyl (C=O) groups excluding carboxylic acids is 1. The van der Waals surface area contributed by atoms with Crippen molar-refractivity contribution in [2.75, 3.05) is 18.0 Å². The summed E-state index contributed by atoms with van der Waals surface area (Å²) in [6, 6.07) is 13.5. The van der Waals surface area contributed by atoms with E-state index >= 15 is 0 Å². The van der Waals surface area contributed by atoms with E-state index in [0.29, 0.717) is 5.56 Å². The molecule has 1 unspecified atom stereocenters. The molecule has 0 saturated carbocycles. The molecule has 8 nitrogen and oxygen atoms in total. The van der Waals surface area contributed by atoms with Gasteiger partial charge in [0.2, 0.25) is 5.88 Å². The van der Waals surface area contributed by atoms with Crippen molar-refractivity contribution in [3.05, 3.63) is 71.7 Å². The van der Waals surface area contributed by atoms with Crippen LogP contribution in [-0.2, 0) is 4.79 Å². The summed E-state index contributed by atoms with van der Waals surface area (Å²) in [6.45, 7) is 1.98. The molecule has 2 aromatic carbocycles. The molecule has 32 heavy (non-hydrogen) atoms. The molecule has 1 atom stereocenters. The molecule has 1 aromatic heterocycles. The highest BCUT2D eigenvalue weighted by molar-refractivity contribution is 5.93. The Morgan fingerprint density at radius 1 is 1.09 bits per heavy atom. The summed E-state index contributed by atoms with van der Waals surface area (Å²) >= 11 is 0. The van der Waals surface area contributed by atoms with Crippen molar-refractivity contribution in [1.82, 2.24) is 15.1 Å². The van der Waals surface area contributed by atoms with Crippen LogP contribution in [0.2, 0.25) is 0 Å². The number of nitrogens with zero attached hydrogens (tertiary/aromatic N) is 3. The highest BCUT2D eigenvalue weighted by Gasteiger charge is 2.23. The second kappa shape index (κ2) is 9.09. The lowest BCUT2D eigenvalue weighted by atomic mass is 10.0. The van der Waals surface area contributed by atoms with Gasteiger partial charge in [0.25, 0.3) is 5.91 Å². The maximum atomic E-state index is 14.0. The van der Waals surface area contributed by atoms with Crippen molar-refractivity contribution in [2.24, 2.45) is 0 Å². The van der Waals surface area contributed by atoms with Crippen molar-refractivity contribution >= 4 is 17.6 Å². The number of aliphatic carboxylic acids is 1. The Kier molecular flexibility index (Phi) is 6.07. The number of rotatable bonds is 7. The van der Waals surface area contributed by atoms with Crippen LogP contribution >= 0.6 is 0 Å². The molecule has 1 saturated heterocycles. The second-order valence-electron chi connectivity index (χ2n) is 7.66. The van der Waals surface area contributed by atoms with Crippen LogP contribution in [0.5, 0.6) is 5.88 Å². The van der Waals surface area contributed by atoms with Crippen molar-refractivity contribution in [2.45, 2.75) is 25.3 Å². The van der Waals surface area contributed by atoms with Crippen molar-refractivity contribution in [3.8, 4) is 11.6 Å². The Morgan fingerprint density at radius 2 is 1.78 bits per heavy atom. The van der Waals surface area contributed by atoms with Gasteiger partial charge in [-0.05, 0) is 42.7 Å². The van der Waals surface area contributed by atoms with Gasteiger partial charge in [-0.2, -0.15) is 9.78 Å². The predicted molar refractivity (Wildman–Crippen MR) is 116 cm³/mol. The fourth-order valence-electron chi connectivity index (χ4n) is 3.83. The van der Waals surface area contributed by atoms with Gasteiger partial charge in [-0.15, -0.1) is 0 Å². The third kappa shape index (κ3) is 4.56. The first kappa shape index (κ1) is 21.4. The number of aromatic nitrogens is 2. The Bertz CT molecular complexity index is 1120. The zero-order valence-corrected chi connectivity index (χ0v) is 17.2. The molecule has 4 rings (SSSR count). The lowest BCUT2D eigenvalue weighted by molar-refractivity contribution is -0.137. The third-order valence-electron chi connectivity index (χ3n) is 5.45. The topological polar surface area (TPSA) is 108 Å². The molecule has 0 bridgehead atoms. The van der Waals surface area contributed by atoms with Crippen LogP contribution in [0.3, 0.4) is 0 Å². The summed E-state index contributed by atoms with van der Waals surface area (Å²) < 4.78 is 15.0. The number of halogens is 1. The van der Waals surface area contributed by atoms with E-state index in [2.05, 4.69) is 15.3 Å². The van der Waals surface area contributed by atoms with Crippen LogP contribution in [-0.4, -0.2) is 45.0 Å². The Labute approximate surface area is 183 Å². The Morgan fingerprint density at radius 3 is 2.44 bits per heavy atom. The molecule has 0 aliphatic carbocycles. The largest absolute Gasteiger partial charge is 0.493 e. The first-order chi connectivity index (χ1) is 15.4. The SMILES string of the molecule is O=C(O)CC(NC(=O)c1cc(O)n(-c2ccccc2F)n1)c1ccc(N2CCCC2)cc1. The van der Waals surface area contributed by atoms with E-state index in [1.165, 1.54) is 18.2 Å². The van der Waals surface area contributed by atoms with Crippen LogP contribution < -0.4 is 10.2 Å². The quantitative estimate of drug-likeness (QED) is 0.523. The van der Waals surface area contributed by atoms with Gasteiger partial charge in [0.05, 0.1) is 12.5 Å². The lowest BCUT2D eigenvalue weighted by Crippen LogP contribution is -2.30. The number of hydrogen-bond acceptors (Lipinski definition) is 5. The minimum absolute atomic E-state index is 0.0105. The Hall–Kier alpha value is -3.88. The monoisotopic (exact) mass is 438 g/mol. The second-order valence-corrected chi connectivity index (χ2v) is 7.66. The average Bonchev–Trinajstić information content (AvgIpc) is 3.44. The molecule has 3 aromatic rings. The highest BCUT2D eigenvalue weighted by atomic mass is 19.1. The maximum absolute atomic E-state index is 14.0. The molecule has 1 amide bonds. The van der Waals surface area contributed by atoms with Crippen LogP contribution in [0.4, 0.5) is 10.1 Å². The average molecular weight is 438 g/mol. The lowest BCUT2D eigenvalue weighted by Gasteiger charge is -2.20. The molecule has 166 valence electrons. The van der Waals surface area contributed by atoms with E-state index in [1.54, 1.807) is 18.2 Å². The van der Waals surface area contributed by atoms with Crippen molar-refractivity contribution in [1.29, 1.82) is 0 Å².